The molecule has 0 spiro atoms. The lowest BCUT2D eigenvalue weighted by atomic mass is 9.92. The van der Waals surface area contributed by atoms with Gasteiger partial charge in [-0.05, 0) is 49.8 Å². The molecular weight excluding hydrogens is 288 g/mol. The monoisotopic (exact) mass is 308 g/mol. The highest BCUT2D eigenvalue weighted by atomic mass is 17.0. The second-order valence-corrected chi connectivity index (χ2v) is 5.48. The molecule has 7 heteroatoms. The van der Waals surface area contributed by atoms with Crippen molar-refractivity contribution in [1.82, 2.24) is 0 Å². The molecule has 1 aliphatic rings. The Morgan fingerprint density at radius 3 is 2.68 bits per heavy atom. The molecule has 0 aromatic heterocycles. The number of hydrogen-bond acceptors (Lipinski definition) is 6. The number of anilines is 1. The highest BCUT2D eigenvalue weighted by Gasteiger charge is 2.20. The average Bonchev–Trinajstić information content (AvgIpc) is 2.49. The number of nitrogens with one attached hydrogen (secondary N) is 1. The van der Waals surface area contributed by atoms with Gasteiger partial charge >= 0.3 is 11.1 Å². The number of aliphatic hydroxyl groups excluding tert-OH is 1. The fourth-order valence-corrected chi connectivity index (χ4v) is 2.71. The summed E-state index contributed by atoms with van der Waals surface area (Å²) in [5.74, 6) is -0.977. The maximum atomic E-state index is 11.6. The van der Waals surface area contributed by atoms with Crippen LogP contribution in [0.15, 0.2) is 18.2 Å². The molecule has 22 heavy (non-hydrogen) atoms. The van der Waals surface area contributed by atoms with Crippen LogP contribution in [-0.2, 0) is 11.3 Å². The van der Waals surface area contributed by atoms with Crippen molar-refractivity contribution in [3.8, 4) is 0 Å². The fourth-order valence-electron chi connectivity index (χ4n) is 2.71. The van der Waals surface area contributed by atoms with Crippen molar-refractivity contribution in [2.45, 2.75) is 51.2 Å². The average molecular weight is 308 g/mol. The van der Waals surface area contributed by atoms with Crippen molar-refractivity contribution in [2.24, 2.45) is 0 Å². The number of hydrogen-bond donors (Lipinski definition) is 2. The molecule has 7 nitrogen and oxygen atoms in total. The largest absolute Gasteiger partial charge is 0.393 e. The molecule has 0 bridgehead atoms. The Balaban J connectivity index is 2.14. The molecule has 0 saturated heterocycles. The summed E-state index contributed by atoms with van der Waals surface area (Å²) >= 11 is 0. The van der Waals surface area contributed by atoms with Gasteiger partial charge in [0.1, 0.15) is 0 Å². The lowest BCUT2D eigenvalue weighted by Crippen LogP contribution is -2.28. The predicted octanol–water partition coefficient (Wildman–Crippen LogP) is 2.31. The van der Waals surface area contributed by atoms with E-state index in [0.29, 0.717) is 0 Å². The standard InChI is InChI=1S/C15H20N2O5/c1-2-10-3-4-11(15(19)22-17(20)21)9-14(10)16-12-5-7-13(18)8-6-12/h3-4,9,12-13,16,18H,2,5-8H2,1H3. The molecule has 0 amide bonds. The number of benzene rings is 1. The van der Waals surface area contributed by atoms with Crippen molar-refractivity contribution in [1.29, 1.82) is 0 Å². The van der Waals surface area contributed by atoms with Gasteiger partial charge in [-0.25, -0.2) is 4.84 Å². The highest BCUT2D eigenvalue weighted by molar-refractivity contribution is 5.90. The zero-order chi connectivity index (χ0) is 16.1. The molecule has 1 fully saturated rings. The van der Waals surface area contributed by atoms with Crippen LogP contribution in [0.5, 0.6) is 0 Å². The molecule has 2 N–H and O–H groups in total. The molecule has 0 unspecified atom stereocenters. The van der Waals surface area contributed by atoms with Crippen molar-refractivity contribution in [3.63, 3.8) is 0 Å². The Bertz CT molecular complexity index is 553. The second-order valence-electron chi connectivity index (χ2n) is 5.48. The third-order valence-electron chi connectivity index (χ3n) is 3.94. The van der Waals surface area contributed by atoms with Gasteiger partial charge in [0, 0.05) is 17.3 Å². The smallest absolute Gasteiger partial charge is 0.334 e. The topological polar surface area (TPSA) is 102 Å². The SMILES string of the molecule is CCc1ccc(C(=O)O[N+](=O)[O-])cc1NC1CCC(O)CC1. The van der Waals surface area contributed by atoms with Crippen LogP contribution in [0.25, 0.3) is 0 Å². The predicted molar refractivity (Wildman–Crippen MR) is 80.1 cm³/mol. The van der Waals surface area contributed by atoms with Crippen molar-refractivity contribution in [3.05, 3.63) is 39.4 Å². The van der Waals surface area contributed by atoms with E-state index in [1.54, 1.807) is 12.1 Å². The highest BCUT2D eigenvalue weighted by Crippen LogP contribution is 2.25. The summed E-state index contributed by atoms with van der Waals surface area (Å²) in [4.78, 5) is 25.9. The number of carbonyl (C=O) groups is 1. The first-order valence-electron chi connectivity index (χ1n) is 7.43. The summed E-state index contributed by atoms with van der Waals surface area (Å²) in [5, 5.41) is 22.1. The number of carbonyl (C=O) groups excluding carboxylic acids is 1. The summed E-state index contributed by atoms with van der Waals surface area (Å²) in [6, 6.07) is 5.13. The summed E-state index contributed by atoms with van der Waals surface area (Å²) < 4.78 is 0. The molecule has 1 aromatic carbocycles. The third-order valence-corrected chi connectivity index (χ3v) is 3.94. The van der Waals surface area contributed by atoms with Gasteiger partial charge in [-0.2, -0.15) is 0 Å². The first-order valence-corrected chi connectivity index (χ1v) is 7.43. The Labute approximate surface area is 128 Å². The summed E-state index contributed by atoms with van der Waals surface area (Å²) in [5.41, 5.74) is 1.97. The maximum Gasteiger partial charge on any atom is 0.334 e. The van der Waals surface area contributed by atoms with E-state index in [0.717, 1.165) is 43.4 Å². The first kappa shape index (κ1) is 16.2. The van der Waals surface area contributed by atoms with E-state index in [9.17, 15) is 20.0 Å². The van der Waals surface area contributed by atoms with E-state index in [1.807, 2.05) is 6.92 Å². The van der Waals surface area contributed by atoms with Gasteiger partial charge in [0.15, 0.2) is 0 Å². The van der Waals surface area contributed by atoms with E-state index in [1.165, 1.54) is 6.07 Å². The van der Waals surface area contributed by atoms with Crippen LogP contribution < -0.4 is 5.32 Å². The van der Waals surface area contributed by atoms with Crippen LogP contribution >= 0.6 is 0 Å². The van der Waals surface area contributed by atoms with Crippen molar-refractivity contribution in [2.75, 3.05) is 5.32 Å². The molecule has 1 aromatic rings. The summed E-state index contributed by atoms with van der Waals surface area (Å²) in [6.45, 7) is 2.00. The molecule has 1 saturated carbocycles. The van der Waals surface area contributed by atoms with Gasteiger partial charge in [-0.15, -0.1) is 10.1 Å². The Morgan fingerprint density at radius 1 is 1.41 bits per heavy atom. The molecule has 120 valence electrons. The van der Waals surface area contributed by atoms with Gasteiger partial charge in [0.2, 0.25) is 0 Å². The molecular formula is C15H20N2O5. The van der Waals surface area contributed by atoms with Crippen LogP contribution in [0.4, 0.5) is 5.69 Å². The van der Waals surface area contributed by atoms with Crippen LogP contribution in [0.2, 0.25) is 0 Å². The Kier molecular flexibility index (Phi) is 5.32. The van der Waals surface area contributed by atoms with E-state index < -0.39 is 11.1 Å². The van der Waals surface area contributed by atoms with Crippen molar-refractivity contribution < 1.29 is 19.8 Å². The van der Waals surface area contributed by atoms with E-state index >= 15 is 0 Å². The minimum Gasteiger partial charge on any atom is -0.393 e. The van der Waals surface area contributed by atoms with E-state index in [-0.39, 0.29) is 17.7 Å². The van der Waals surface area contributed by atoms with Gasteiger partial charge in [-0.1, -0.05) is 13.0 Å². The number of aliphatic hydroxyl groups is 1. The molecule has 1 aliphatic carbocycles. The second kappa shape index (κ2) is 7.22. The minimum atomic E-state index is -1.11. The number of rotatable bonds is 5. The van der Waals surface area contributed by atoms with Crippen LogP contribution in [0.1, 0.15) is 48.5 Å². The lowest BCUT2D eigenvalue weighted by molar-refractivity contribution is -0.727. The van der Waals surface area contributed by atoms with E-state index in [4.69, 9.17) is 0 Å². The van der Waals surface area contributed by atoms with Gasteiger partial charge in [-0.3, -0.25) is 4.79 Å². The number of aryl methyl sites for hydroxylation is 1. The zero-order valence-corrected chi connectivity index (χ0v) is 12.4. The maximum absolute atomic E-state index is 11.6. The fraction of sp³-hybridized carbons (Fsp3) is 0.533. The van der Waals surface area contributed by atoms with Crippen molar-refractivity contribution >= 4 is 11.7 Å². The zero-order valence-electron chi connectivity index (χ0n) is 12.4. The van der Waals surface area contributed by atoms with Crippen LogP contribution in [0.3, 0.4) is 0 Å². The number of nitrogens with zero attached hydrogens (tertiary/aromatic N) is 1. The van der Waals surface area contributed by atoms with E-state index in [2.05, 4.69) is 10.2 Å². The van der Waals surface area contributed by atoms with Gasteiger partial charge < -0.3 is 10.4 Å². The minimum absolute atomic E-state index is 0.146. The van der Waals surface area contributed by atoms with Crippen LogP contribution in [0, 0.1) is 10.1 Å². The van der Waals surface area contributed by atoms with Gasteiger partial charge in [0.05, 0.1) is 6.10 Å². The molecule has 0 heterocycles. The molecule has 2 rings (SSSR count). The Morgan fingerprint density at radius 2 is 2.09 bits per heavy atom. The summed E-state index contributed by atoms with van der Waals surface area (Å²) in [7, 11) is 0. The summed E-state index contributed by atoms with van der Waals surface area (Å²) in [6.07, 6.45) is 3.76. The molecule has 0 atom stereocenters. The normalized spacial score (nSPS) is 21.2. The molecule has 0 radical (unpaired) electrons. The molecule has 0 aliphatic heterocycles. The third kappa shape index (κ3) is 4.17. The lowest BCUT2D eigenvalue weighted by Gasteiger charge is -2.28. The van der Waals surface area contributed by atoms with Gasteiger partial charge in [0.25, 0.3) is 0 Å². The van der Waals surface area contributed by atoms with Crippen LogP contribution in [-0.4, -0.2) is 28.3 Å². The first-order chi connectivity index (χ1) is 10.5. The quantitative estimate of drug-likeness (QED) is 0.639. The Hall–Kier alpha value is -2.15.